The number of piperazine rings is 1. The average Bonchev–Trinajstić information content (AvgIpc) is 2.59. The largest absolute Gasteiger partial charge is 0.367 e. The summed E-state index contributed by atoms with van der Waals surface area (Å²) in [5.41, 5.74) is 0.965. The highest BCUT2D eigenvalue weighted by Gasteiger charge is 2.24. The maximum Gasteiger partial charge on any atom is 0.254 e. The molecule has 1 amide bonds. The fourth-order valence-electron chi connectivity index (χ4n) is 2.70. The maximum absolute atomic E-state index is 13.3. The molecule has 3 nitrogen and oxygen atoms in total. The van der Waals surface area contributed by atoms with E-state index in [0.717, 1.165) is 17.8 Å². The first kappa shape index (κ1) is 17.0. The number of carbonyl (C=O) groups is 1. The van der Waals surface area contributed by atoms with Crippen LogP contribution in [-0.4, -0.2) is 37.0 Å². The third kappa shape index (κ3) is 3.32. The van der Waals surface area contributed by atoms with E-state index in [1.54, 1.807) is 11.0 Å². The Balaban J connectivity index is 1.69. The van der Waals surface area contributed by atoms with Crippen molar-refractivity contribution in [3.05, 3.63) is 63.6 Å². The Hall–Kier alpha value is -1.85. The van der Waals surface area contributed by atoms with Crippen LogP contribution in [0.15, 0.2) is 36.4 Å². The lowest BCUT2D eigenvalue weighted by Gasteiger charge is -2.36. The van der Waals surface area contributed by atoms with Crippen molar-refractivity contribution in [1.82, 2.24) is 4.90 Å². The Kier molecular flexibility index (Phi) is 4.92. The molecule has 0 atom stereocenters. The Morgan fingerprint density at radius 3 is 2.33 bits per heavy atom. The highest BCUT2D eigenvalue weighted by molar-refractivity contribution is 6.43. The molecule has 0 unspecified atom stereocenters. The van der Waals surface area contributed by atoms with E-state index < -0.39 is 11.6 Å². The second-order valence-electron chi connectivity index (χ2n) is 5.48. The molecule has 24 heavy (non-hydrogen) atoms. The summed E-state index contributed by atoms with van der Waals surface area (Å²) in [7, 11) is 0. The van der Waals surface area contributed by atoms with Crippen LogP contribution < -0.4 is 4.90 Å². The number of amides is 1. The molecular formula is C17H14Cl2F2N2O. The first-order valence-electron chi connectivity index (χ1n) is 7.40. The van der Waals surface area contributed by atoms with Gasteiger partial charge >= 0.3 is 0 Å². The Bertz CT molecular complexity index is 777. The van der Waals surface area contributed by atoms with E-state index in [0.29, 0.717) is 36.2 Å². The van der Waals surface area contributed by atoms with E-state index in [1.807, 2.05) is 17.0 Å². The number of hydrogen-bond acceptors (Lipinski definition) is 2. The Labute approximate surface area is 148 Å². The van der Waals surface area contributed by atoms with Gasteiger partial charge in [0.15, 0.2) is 11.6 Å². The lowest BCUT2D eigenvalue weighted by molar-refractivity contribution is 0.0746. The van der Waals surface area contributed by atoms with Gasteiger partial charge in [0.2, 0.25) is 0 Å². The number of rotatable bonds is 2. The van der Waals surface area contributed by atoms with Crippen LogP contribution in [-0.2, 0) is 0 Å². The number of halogens is 4. The molecule has 0 aliphatic carbocycles. The smallest absolute Gasteiger partial charge is 0.254 e. The SMILES string of the molecule is O=C(c1ccc(F)c(F)c1)N1CCN(c2cccc(Cl)c2Cl)CC1. The molecule has 126 valence electrons. The molecule has 1 saturated heterocycles. The van der Waals surface area contributed by atoms with Crippen molar-refractivity contribution in [2.45, 2.75) is 0 Å². The van der Waals surface area contributed by atoms with Gasteiger partial charge in [0.05, 0.1) is 15.7 Å². The monoisotopic (exact) mass is 370 g/mol. The van der Waals surface area contributed by atoms with E-state index >= 15 is 0 Å². The van der Waals surface area contributed by atoms with Crippen molar-refractivity contribution in [2.24, 2.45) is 0 Å². The highest BCUT2D eigenvalue weighted by Crippen LogP contribution is 2.33. The summed E-state index contributed by atoms with van der Waals surface area (Å²) in [6.07, 6.45) is 0. The van der Waals surface area contributed by atoms with Crippen LogP contribution in [0, 0.1) is 11.6 Å². The Morgan fingerprint density at radius 2 is 1.67 bits per heavy atom. The molecule has 0 aromatic heterocycles. The second kappa shape index (κ2) is 6.95. The molecule has 7 heteroatoms. The van der Waals surface area contributed by atoms with Crippen LogP contribution in [0.3, 0.4) is 0 Å². The standard InChI is InChI=1S/C17H14Cl2F2N2O/c18-12-2-1-3-15(16(12)19)22-6-8-23(9-7-22)17(24)11-4-5-13(20)14(21)10-11/h1-5,10H,6-9H2. The third-order valence-corrected chi connectivity index (χ3v) is 4.81. The minimum absolute atomic E-state index is 0.142. The first-order chi connectivity index (χ1) is 11.5. The van der Waals surface area contributed by atoms with Gasteiger partial charge in [0, 0.05) is 31.7 Å². The van der Waals surface area contributed by atoms with Gasteiger partial charge in [0.1, 0.15) is 0 Å². The van der Waals surface area contributed by atoms with Crippen LogP contribution in [0.4, 0.5) is 14.5 Å². The van der Waals surface area contributed by atoms with E-state index in [4.69, 9.17) is 23.2 Å². The molecule has 0 N–H and O–H groups in total. The molecule has 0 spiro atoms. The van der Waals surface area contributed by atoms with Gasteiger partial charge in [-0.2, -0.15) is 0 Å². The molecule has 0 saturated carbocycles. The van der Waals surface area contributed by atoms with Gasteiger partial charge in [-0.3, -0.25) is 4.79 Å². The van der Waals surface area contributed by atoms with Gasteiger partial charge < -0.3 is 9.80 Å². The van der Waals surface area contributed by atoms with Crippen molar-refractivity contribution < 1.29 is 13.6 Å². The van der Waals surface area contributed by atoms with Crippen molar-refractivity contribution in [3.63, 3.8) is 0 Å². The molecule has 2 aromatic rings. The van der Waals surface area contributed by atoms with Crippen molar-refractivity contribution in [2.75, 3.05) is 31.1 Å². The molecule has 1 fully saturated rings. The van der Waals surface area contributed by atoms with Gasteiger partial charge in [-0.05, 0) is 30.3 Å². The molecule has 1 aliphatic heterocycles. The number of hydrogen-bond donors (Lipinski definition) is 0. The van der Waals surface area contributed by atoms with Crippen LogP contribution >= 0.6 is 23.2 Å². The number of carbonyl (C=O) groups excluding carboxylic acids is 1. The van der Waals surface area contributed by atoms with E-state index in [2.05, 4.69) is 0 Å². The zero-order valence-electron chi connectivity index (χ0n) is 12.6. The summed E-state index contributed by atoms with van der Waals surface area (Å²) in [6.45, 7) is 2.08. The average molecular weight is 371 g/mol. The Morgan fingerprint density at radius 1 is 0.958 bits per heavy atom. The lowest BCUT2D eigenvalue weighted by Crippen LogP contribution is -2.48. The number of benzene rings is 2. The summed E-state index contributed by atoms with van der Waals surface area (Å²) >= 11 is 12.3. The zero-order chi connectivity index (χ0) is 17.3. The minimum atomic E-state index is -1.02. The van der Waals surface area contributed by atoms with Crippen LogP contribution in [0.25, 0.3) is 0 Å². The minimum Gasteiger partial charge on any atom is -0.367 e. The normalized spacial score (nSPS) is 14.8. The summed E-state index contributed by atoms with van der Waals surface area (Å²) in [5, 5.41) is 0.967. The second-order valence-corrected chi connectivity index (χ2v) is 6.27. The van der Waals surface area contributed by atoms with Crippen LogP contribution in [0.2, 0.25) is 10.0 Å². The summed E-state index contributed by atoms with van der Waals surface area (Å²) in [5.74, 6) is -2.30. The highest BCUT2D eigenvalue weighted by atomic mass is 35.5. The zero-order valence-corrected chi connectivity index (χ0v) is 14.1. The topological polar surface area (TPSA) is 23.6 Å². The maximum atomic E-state index is 13.3. The van der Waals surface area contributed by atoms with E-state index in [9.17, 15) is 13.6 Å². The summed E-state index contributed by atoms with van der Waals surface area (Å²) in [4.78, 5) is 16.1. The first-order valence-corrected chi connectivity index (χ1v) is 8.16. The molecule has 1 aliphatic rings. The quantitative estimate of drug-likeness (QED) is 0.789. The fraction of sp³-hybridized carbons (Fsp3) is 0.235. The fourth-order valence-corrected chi connectivity index (χ4v) is 3.11. The van der Waals surface area contributed by atoms with Crippen molar-refractivity contribution in [1.29, 1.82) is 0 Å². The third-order valence-electron chi connectivity index (χ3n) is 4.01. The molecule has 1 heterocycles. The lowest BCUT2D eigenvalue weighted by atomic mass is 10.1. The summed E-state index contributed by atoms with van der Waals surface area (Å²) in [6, 6.07) is 8.60. The van der Waals surface area contributed by atoms with Crippen molar-refractivity contribution in [3.8, 4) is 0 Å². The molecular weight excluding hydrogens is 357 g/mol. The van der Waals surface area contributed by atoms with Gasteiger partial charge in [-0.1, -0.05) is 29.3 Å². The number of nitrogens with zero attached hydrogens (tertiary/aromatic N) is 2. The molecule has 0 radical (unpaired) electrons. The van der Waals surface area contributed by atoms with Gasteiger partial charge in [-0.15, -0.1) is 0 Å². The van der Waals surface area contributed by atoms with E-state index in [-0.39, 0.29) is 11.5 Å². The number of anilines is 1. The predicted octanol–water partition coefficient (Wildman–Crippen LogP) is 4.23. The summed E-state index contributed by atoms with van der Waals surface area (Å²) < 4.78 is 26.3. The van der Waals surface area contributed by atoms with Crippen LogP contribution in [0.1, 0.15) is 10.4 Å². The van der Waals surface area contributed by atoms with E-state index in [1.165, 1.54) is 6.07 Å². The van der Waals surface area contributed by atoms with Crippen LogP contribution in [0.5, 0.6) is 0 Å². The van der Waals surface area contributed by atoms with Gasteiger partial charge in [0.25, 0.3) is 5.91 Å². The molecule has 3 rings (SSSR count). The predicted molar refractivity (Wildman–Crippen MR) is 90.9 cm³/mol. The van der Waals surface area contributed by atoms with Gasteiger partial charge in [-0.25, -0.2) is 8.78 Å². The molecule has 0 bridgehead atoms. The molecule has 2 aromatic carbocycles. The van der Waals surface area contributed by atoms with Crippen molar-refractivity contribution >= 4 is 34.8 Å².